The minimum atomic E-state index is -3.93. The first-order valence-corrected chi connectivity index (χ1v) is 6.99. The van der Waals surface area contributed by atoms with Gasteiger partial charge in [0.15, 0.2) is 0 Å². The van der Waals surface area contributed by atoms with Gasteiger partial charge in [-0.2, -0.15) is 0 Å². The van der Waals surface area contributed by atoms with Crippen LogP contribution in [0.3, 0.4) is 0 Å². The normalized spacial score (nSPS) is 21.4. The third kappa shape index (κ3) is 3.89. The summed E-state index contributed by atoms with van der Waals surface area (Å²) in [5.74, 6) is -3.22. The summed E-state index contributed by atoms with van der Waals surface area (Å²) in [5, 5.41) is 21.3. The lowest BCUT2D eigenvalue weighted by Gasteiger charge is -2.23. The average molecular weight is 294 g/mol. The summed E-state index contributed by atoms with van der Waals surface area (Å²) < 4.78 is 22.3. The van der Waals surface area contributed by atoms with Gasteiger partial charge in [-0.15, -0.1) is 0 Å². The first-order chi connectivity index (χ1) is 8.62. The lowest BCUT2D eigenvalue weighted by molar-refractivity contribution is -0.149. The lowest BCUT2D eigenvalue weighted by Crippen LogP contribution is -2.43. The highest BCUT2D eigenvalue weighted by molar-refractivity contribution is 7.89. The number of likely N-dealkylation sites (tertiary alicyclic amines) is 1. The van der Waals surface area contributed by atoms with Gasteiger partial charge in [-0.3, -0.25) is 9.59 Å². The smallest absolute Gasteiger partial charge is 0.326 e. The molecule has 0 bridgehead atoms. The molecule has 1 rings (SSSR count). The maximum atomic E-state index is 11.6. The van der Waals surface area contributed by atoms with E-state index in [1.807, 2.05) is 0 Å². The number of nitrogens with two attached hydrogens (primary N) is 1. The Bertz CT molecular complexity index is 501. The number of carbonyl (C=O) groups is 3. The van der Waals surface area contributed by atoms with Gasteiger partial charge in [0, 0.05) is 19.4 Å². The third-order valence-corrected chi connectivity index (χ3v) is 4.13. The minimum Gasteiger partial charge on any atom is -0.481 e. The van der Waals surface area contributed by atoms with E-state index >= 15 is 0 Å². The average Bonchev–Trinajstić information content (AvgIpc) is 2.60. The Morgan fingerprint density at radius 1 is 1.42 bits per heavy atom. The number of sulfonamides is 1. The van der Waals surface area contributed by atoms with Crippen LogP contribution in [0, 0.1) is 0 Å². The molecule has 4 N–H and O–H groups in total. The summed E-state index contributed by atoms with van der Waals surface area (Å²) in [7, 11) is -3.93. The van der Waals surface area contributed by atoms with Gasteiger partial charge >= 0.3 is 11.9 Å². The summed E-state index contributed by atoms with van der Waals surface area (Å²) in [5.41, 5.74) is 0. The van der Waals surface area contributed by atoms with Crippen molar-refractivity contribution in [2.75, 3.05) is 6.54 Å². The highest BCUT2D eigenvalue weighted by Crippen LogP contribution is 2.21. The maximum absolute atomic E-state index is 11.6. The van der Waals surface area contributed by atoms with Crippen molar-refractivity contribution in [3.8, 4) is 0 Å². The van der Waals surface area contributed by atoms with Crippen molar-refractivity contribution >= 4 is 27.9 Å². The zero-order valence-electron chi connectivity index (χ0n) is 9.85. The summed E-state index contributed by atoms with van der Waals surface area (Å²) in [6.07, 6.45) is -1.09. The Balaban J connectivity index is 2.84. The van der Waals surface area contributed by atoms with Crippen molar-refractivity contribution in [2.24, 2.45) is 5.14 Å². The van der Waals surface area contributed by atoms with Gasteiger partial charge in [-0.1, -0.05) is 0 Å². The number of hydrogen-bond donors (Lipinski definition) is 3. The number of carboxylic acids is 2. The monoisotopic (exact) mass is 294 g/mol. The van der Waals surface area contributed by atoms with Crippen LogP contribution in [0.4, 0.5) is 0 Å². The lowest BCUT2D eigenvalue weighted by atomic mass is 10.1. The van der Waals surface area contributed by atoms with E-state index in [-0.39, 0.29) is 19.4 Å². The molecule has 0 aromatic rings. The number of carboxylic acid groups (broad SMARTS) is 2. The molecule has 1 heterocycles. The second-order valence-corrected chi connectivity index (χ2v) is 6.09. The van der Waals surface area contributed by atoms with Crippen LogP contribution in [0.15, 0.2) is 0 Å². The standard InChI is InChI=1S/C9H14N2O7S/c10-19(17,18)5-3-7(12)11(4-5)6(9(15)16)1-2-8(13)14/h5-6H,1-4H2,(H,13,14)(H,15,16)(H2,10,17,18)/t5?,6-/m0/s1. The number of carbonyl (C=O) groups excluding carboxylic acids is 1. The van der Waals surface area contributed by atoms with Gasteiger partial charge < -0.3 is 15.1 Å². The second-order valence-electron chi connectivity index (χ2n) is 4.25. The van der Waals surface area contributed by atoms with Crippen LogP contribution in [0.5, 0.6) is 0 Å². The molecule has 19 heavy (non-hydrogen) atoms. The fraction of sp³-hybridized carbons (Fsp3) is 0.667. The molecule has 1 unspecified atom stereocenters. The van der Waals surface area contributed by atoms with Gasteiger partial charge in [-0.05, 0) is 6.42 Å². The van der Waals surface area contributed by atoms with Crippen LogP contribution < -0.4 is 5.14 Å². The van der Waals surface area contributed by atoms with E-state index < -0.39 is 45.6 Å². The summed E-state index contributed by atoms with van der Waals surface area (Å²) in [6, 6.07) is -1.35. The molecule has 1 fully saturated rings. The molecule has 0 aromatic heterocycles. The predicted molar refractivity (Wildman–Crippen MR) is 61.5 cm³/mol. The third-order valence-electron chi connectivity index (χ3n) is 2.88. The zero-order chi connectivity index (χ0) is 14.8. The highest BCUT2D eigenvalue weighted by Gasteiger charge is 2.41. The molecule has 0 saturated carbocycles. The quantitative estimate of drug-likeness (QED) is 0.521. The topological polar surface area (TPSA) is 155 Å². The van der Waals surface area contributed by atoms with E-state index in [1.54, 1.807) is 0 Å². The van der Waals surface area contributed by atoms with Gasteiger partial charge in [0.25, 0.3) is 0 Å². The van der Waals surface area contributed by atoms with Gasteiger partial charge in [0.05, 0.1) is 0 Å². The van der Waals surface area contributed by atoms with Crippen LogP contribution in [0.1, 0.15) is 19.3 Å². The number of aliphatic carboxylic acids is 2. The summed E-state index contributed by atoms with van der Waals surface area (Å²) >= 11 is 0. The summed E-state index contributed by atoms with van der Waals surface area (Å²) in [4.78, 5) is 33.9. The molecule has 0 aliphatic carbocycles. The van der Waals surface area contributed by atoms with E-state index in [0.29, 0.717) is 0 Å². The van der Waals surface area contributed by atoms with E-state index in [9.17, 15) is 22.8 Å². The largest absolute Gasteiger partial charge is 0.481 e. The van der Waals surface area contributed by atoms with Crippen molar-refractivity contribution in [3.63, 3.8) is 0 Å². The van der Waals surface area contributed by atoms with Crippen LogP contribution in [0.2, 0.25) is 0 Å². The van der Waals surface area contributed by atoms with Crippen molar-refractivity contribution in [1.82, 2.24) is 4.90 Å². The molecule has 108 valence electrons. The van der Waals surface area contributed by atoms with E-state index in [1.165, 1.54) is 0 Å². The van der Waals surface area contributed by atoms with Crippen LogP contribution >= 0.6 is 0 Å². The maximum Gasteiger partial charge on any atom is 0.326 e. The molecule has 0 aromatic carbocycles. The molecule has 10 heteroatoms. The highest BCUT2D eigenvalue weighted by atomic mass is 32.2. The fourth-order valence-electron chi connectivity index (χ4n) is 1.89. The van der Waals surface area contributed by atoms with Crippen molar-refractivity contribution < 1.29 is 33.0 Å². The Hall–Kier alpha value is -1.68. The molecule has 1 amide bonds. The van der Waals surface area contributed by atoms with Crippen LogP contribution in [0.25, 0.3) is 0 Å². The number of amides is 1. The molecule has 0 radical (unpaired) electrons. The molecular formula is C9H14N2O7S. The Kier molecular flexibility index (Phi) is 4.48. The SMILES string of the molecule is NS(=O)(=O)C1CC(=O)N([C@@H](CCC(=O)O)C(=O)O)C1. The van der Waals surface area contributed by atoms with E-state index in [0.717, 1.165) is 4.90 Å². The fourth-order valence-corrected chi connectivity index (χ4v) is 2.63. The molecular weight excluding hydrogens is 280 g/mol. The van der Waals surface area contributed by atoms with E-state index in [4.69, 9.17) is 15.4 Å². The second kappa shape index (κ2) is 5.53. The zero-order valence-corrected chi connectivity index (χ0v) is 10.7. The van der Waals surface area contributed by atoms with Gasteiger partial charge in [0.2, 0.25) is 15.9 Å². The minimum absolute atomic E-state index is 0.284. The number of hydrogen-bond acceptors (Lipinski definition) is 5. The van der Waals surface area contributed by atoms with Crippen molar-refractivity contribution in [1.29, 1.82) is 0 Å². The molecule has 1 aliphatic rings. The predicted octanol–water partition coefficient (Wildman–Crippen LogP) is -1.81. The molecule has 0 spiro atoms. The first-order valence-electron chi connectivity index (χ1n) is 5.38. The van der Waals surface area contributed by atoms with Crippen molar-refractivity contribution in [3.05, 3.63) is 0 Å². The number of nitrogens with zero attached hydrogens (tertiary/aromatic N) is 1. The molecule has 2 atom stereocenters. The molecule has 1 aliphatic heterocycles. The Labute approximate surface area is 109 Å². The van der Waals surface area contributed by atoms with Gasteiger partial charge in [0.1, 0.15) is 11.3 Å². The Morgan fingerprint density at radius 2 is 2.00 bits per heavy atom. The summed E-state index contributed by atoms with van der Waals surface area (Å²) in [6.45, 7) is -0.325. The van der Waals surface area contributed by atoms with Crippen LogP contribution in [-0.4, -0.2) is 59.2 Å². The first kappa shape index (κ1) is 15.4. The number of rotatable bonds is 6. The number of primary sulfonamides is 1. The Morgan fingerprint density at radius 3 is 2.37 bits per heavy atom. The molecule has 9 nitrogen and oxygen atoms in total. The van der Waals surface area contributed by atoms with E-state index in [2.05, 4.69) is 0 Å². The van der Waals surface area contributed by atoms with Crippen LogP contribution in [-0.2, 0) is 24.4 Å². The van der Waals surface area contributed by atoms with Crippen molar-refractivity contribution in [2.45, 2.75) is 30.6 Å². The van der Waals surface area contributed by atoms with Gasteiger partial charge in [-0.25, -0.2) is 18.4 Å². The molecule has 1 saturated heterocycles.